The van der Waals surface area contributed by atoms with Crippen molar-refractivity contribution in [3.8, 4) is 0 Å². The second kappa shape index (κ2) is 3.08. The van der Waals surface area contributed by atoms with Crippen molar-refractivity contribution in [2.24, 2.45) is 10.8 Å². The third-order valence-electron chi connectivity index (χ3n) is 4.33. The minimum absolute atomic E-state index is 0.371. The van der Waals surface area contributed by atoms with Crippen molar-refractivity contribution in [2.45, 2.75) is 40.3 Å². The lowest BCUT2D eigenvalue weighted by Gasteiger charge is -2.09. The Balaban J connectivity index is 2.29. The van der Waals surface area contributed by atoms with Crippen LogP contribution < -0.4 is 5.32 Å². The predicted octanol–water partition coefficient (Wildman–Crippen LogP) is 2.21. The average molecular weight is 207 g/mol. The van der Waals surface area contributed by atoms with Gasteiger partial charge in [0.2, 0.25) is 0 Å². The molecule has 1 saturated carbocycles. The third kappa shape index (κ3) is 1.33. The van der Waals surface area contributed by atoms with Crippen LogP contribution in [0.25, 0.3) is 0 Å². The predicted molar refractivity (Wildman–Crippen MR) is 61.6 cm³/mol. The molecule has 0 amide bonds. The average Bonchev–Trinajstić information content (AvgIpc) is 2.51. The number of nitrogens with zero attached hydrogens (tertiary/aromatic N) is 2. The molecule has 0 bridgehead atoms. The Labute approximate surface area is 91.9 Å². The molecule has 2 rings (SSSR count). The maximum atomic E-state index is 4.26. The summed E-state index contributed by atoms with van der Waals surface area (Å²) < 4.78 is 2.33. The van der Waals surface area contributed by atoms with E-state index in [2.05, 4.69) is 42.6 Å². The zero-order chi connectivity index (χ0) is 11.3. The van der Waals surface area contributed by atoms with E-state index in [0.29, 0.717) is 16.9 Å². The zero-order valence-electron chi connectivity index (χ0n) is 10.3. The molecule has 15 heavy (non-hydrogen) atoms. The first-order valence-electron chi connectivity index (χ1n) is 5.58. The fourth-order valence-corrected chi connectivity index (χ4v) is 2.74. The van der Waals surface area contributed by atoms with Crippen molar-refractivity contribution < 1.29 is 0 Å². The SMILES string of the molecule is CNCc1cncn1C1C(C)(C)C1(C)C. The van der Waals surface area contributed by atoms with Gasteiger partial charge >= 0.3 is 0 Å². The van der Waals surface area contributed by atoms with Crippen molar-refractivity contribution in [3.63, 3.8) is 0 Å². The van der Waals surface area contributed by atoms with Gasteiger partial charge in [0.1, 0.15) is 0 Å². The Morgan fingerprint density at radius 3 is 2.40 bits per heavy atom. The molecule has 1 aromatic rings. The van der Waals surface area contributed by atoms with Crippen LogP contribution in [0.3, 0.4) is 0 Å². The van der Waals surface area contributed by atoms with Crippen LogP contribution in [0, 0.1) is 10.8 Å². The van der Waals surface area contributed by atoms with E-state index in [4.69, 9.17) is 0 Å². The Hall–Kier alpha value is -0.830. The summed E-state index contributed by atoms with van der Waals surface area (Å²) >= 11 is 0. The maximum absolute atomic E-state index is 4.26. The molecule has 1 fully saturated rings. The molecule has 1 heterocycles. The maximum Gasteiger partial charge on any atom is 0.0951 e. The minimum Gasteiger partial charge on any atom is -0.329 e. The molecule has 0 aromatic carbocycles. The van der Waals surface area contributed by atoms with Crippen molar-refractivity contribution in [2.75, 3.05) is 7.05 Å². The molecule has 3 heteroatoms. The van der Waals surface area contributed by atoms with Gasteiger partial charge in [-0.2, -0.15) is 0 Å². The van der Waals surface area contributed by atoms with Crippen LogP contribution in [0.5, 0.6) is 0 Å². The molecule has 1 N–H and O–H groups in total. The highest BCUT2D eigenvalue weighted by atomic mass is 15.2. The van der Waals surface area contributed by atoms with E-state index in [1.807, 2.05) is 19.6 Å². The molecule has 84 valence electrons. The number of nitrogens with one attached hydrogen (secondary N) is 1. The highest BCUT2D eigenvalue weighted by Crippen LogP contribution is 2.71. The highest BCUT2D eigenvalue weighted by molar-refractivity contribution is 5.19. The van der Waals surface area contributed by atoms with Gasteiger partial charge in [0.15, 0.2) is 0 Å². The minimum atomic E-state index is 0.371. The van der Waals surface area contributed by atoms with E-state index in [-0.39, 0.29) is 0 Å². The van der Waals surface area contributed by atoms with Gasteiger partial charge in [0.05, 0.1) is 12.0 Å². The summed E-state index contributed by atoms with van der Waals surface area (Å²) in [6, 6.07) is 0.579. The Morgan fingerprint density at radius 1 is 1.33 bits per heavy atom. The fraction of sp³-hybridized carbons (Fsp3) is 0.750. The van der Waals surface area contributed by atoms with Gasteiger partial charge in [0.25, 0.3) is 0 Å². The molecule has 0 unspecified atom stereocenters. The fourth-order valence-electron chi connectivity index (χ4n) is 2.74. The van der Waals surface area contributed by atoms with Gasteiger partial charge in [-0.15, -0.1) is 0 Å². The Bertz CT molecular complexity index is 349. The second-order valence-corrected chi connectivity index (χ2v) is 5.67. The van der Waals surface area contributed by atoms with Gasteiger partial charge in [-0.05, 0) is 17.9 Å². The highest BCUT2D eigenvalue weighted by Gasteiger charge is 2.66. The first-order chi connectivity index (χ1) is 6.93. The molecular weight excluding hydrogens is 186 g/mol. The summed E-state index contributed by atoms with van der Waals surface area (Å²) in [6.07, 6.45) is 3.93. The Kier molecular flexibility index (Phi) is 2.19. The summed E-state index contributed by atoms with van der Waals surface area (Å²) in [7, 11) is 1.97. The summed E-state index contributed by atoms with van der Waals surface area (Å²) in [6.45, 7) is 10.2. The lowest BCUT2D eigenvalue weighted by Crippen LogP contribution is -2.12. The topological polar surface area (TPSA) is 29.9 Å². The smallest absolute Gasteiger partial charge is 0.0951 e. The molecule has 0 aliphatic heterocycles. The van der Waals surface area contributed by atoms with Crippen LogP contribution in [0.15, 0.2) is 12.5 Å². The van der Waals surface area contributed by atoms with Crippen LogP contribution >= 0.6 is 0 Å². The molecular formula is C12H21N3. The van der Waals surface area contributed by atoms with Crippen molar-refractivity contribution >= 4 is 0 Å². The standard InChI is InChI=1S/C12H21N3/c1-11(2)10(12(11,3)4)15-8-14-7-9(15)6-13-5/h7-8,10,13H,6H2,1-5H3. The second-order valence-electron chi connectivity index (χ2n) is 5.67. The van der Waals surface area contributed by atoms with Crippen molar-refractivity contribution in [1.29, 1.82) is 0 Å². The first-order valence-corrected chi connectivity index (χ1v) is 5.58. The van der Waals surface area contributed by atoms with Crippen LogP contribution in [-0.2, 0) is 6.54 Å². The van der Waals surface area contributed by atoms with E-state index >= 15 is 0 Å². The zero-order valence-corrected chi connectivity index (χ0v) is 10.3. The van der Waals surface area contributed by atoms with Crippen LogP contribution in [-0.4, -0.2) is 16.6 Å². The molecule has 1 aromatic heterocycles. The van der Waals surface area contributed by atoms with Gasteiger partial charge in [-0.3, -0.25) is 0 Å². The number of hydrogen-bond donors (Lipinski definition) is 1. The number of aromatic nitrogens is 2. The summed E-state index contributed by atoms with van der Waals surface area (Å²) in [5.74, 6) is 0. The lowest BCUT2D eigenvalue weighted by molar-refractivity contribution is 0.457. The monoisotopic (exact) mass is 207 g/mol. The van der Waals surface area contributed by atoms with E-state index in [1.54, 1.807) is 0 Å². The summed E-state index contributed by atoms with van der Waals surface area (Å²) in [4.78, 5) is 4.26. The molecule has 0 spiro atoms. The largest absolute Gasteiger partial charge is 0.329 e. The molecule has 1 aliphatic carbocycles. The summed E-state index contributed by atoms with van der Waals surface area (Å²) in [5.41, 5.74) is 2.02. The van der Waals surface area contributed by atoms with Crippen molar-refractivity contribution in [1.82, 2.24) is 14.9 Å². The van der Waals surface area contributed by atoms with Gasteiger partial charge in [-0.25, -0.2) is 4.98 Å². The van der Waals surface area contributed by atoms with Gasteiger partial charge < -0.3 is 9.88 Å². The van der Waals surface area contributed by atoms with E-state index in [1.165, 1.54) is 5.69 Å². The summed E-state index contributed by atoms with van der Waals surface area (Å²) in [5, 5.41) is 3.19. The van der Waals surface area contributed by atoms with Crippen molar-refractivity contribution in [3.05, 3.63) is 18.2 Å². The molecule has 0 radical (unpaired) electrons. The molecule has 0 saturated heterocycles. The number of hydrogen-bond acceptors (Lipinski definition) is 2. The van der Waals surface area contributed by atoms with Crippen LogP contribution in [0.4, 0.5) is 0 Å². The molecule has 1 aliphatic rings. The number of imidazole rings is 1. The van der Waals surface area contributed by atoms with Gasteiger partial charge in [0, 0.05) is 18.8 Å². The van der Waals surface area contributed by atoms with E-state index in [0.717, 1.165) is 6.54 Å². The lowest BCUT2D eigenvalue weighted by atomic mass is 10.0. The van der Waals surface area contributed by atoms with Gasteiger partial charge in [-0.1, -0.05) is 27.7 Å². The van der Waals surface area contributed by atoms with Crippen LogP contribution in [0.2, 0.25) is 0 Å². The van der Waals surface area contributed by atoms with Crippen LogP contribution in [0.1, 0.15) is 39.4 Å². The van der Waals surface area contributed by atoms with E-state index in [9.17, 15) is 0 Å². The molecule has 0 atom stereocenters. The number of rotatable bonds is 3. The first kappa shape index (κ1) is 10.7. The third-order valence-corrected chi connectivity index (χ3v) is 4.33. The quantitative estimate of drug-likeness (QED) is 0.823. The Morgan fingerprint density at radius 2 is 1.93 bits per heavy atom. The normalized spacial score (nSPS) is 23.0. The molecule has 3 nitrogen and oxygen atoms in total. The van der Waals surface area contributed by atoms with E-state index < -0.39 is 0 Å².